The lowest BCUT2D eigenvalue weighted by atomic mass is 9.96. The van der Waals surface area contributed by atoms with Crippen molar-refractivity contribution in [3.05, 3.63) is 23.8 Å². The highest BCUT2D eigenvalue weighted by Gasteiger charge is 2.36. The maximum absolute atomic E-state index is 12.0. The van der Waals surface area contributed by atoms with Crippen LogP contribution >= 0.6 is 0 Å². The third-order valence-corrected chi connectivity index (χ3v) is 3.64. The molecule has 0 spiro atoms. The van der Waals surface area contributed by atoms with Crippen molar-refractivity contribution in [3.8, 4) is 0 Å². The number of carbonyl (C=O) groups is 2. The quantitative estimate of drug-likeness (QED) is 0.791. The molecule has 1 saturated heterocycles. The molecule has 1 aromatic carbocycles. The summed E-state index contributed by atoms with van der Waals surface area (Å²) >= 11 is 0. The largest absolute Gasteiger partial charge is 0.478 e. The second-order valence-electron chi connectivity index (χ2n) is 4.70. The topological polar surface area (TPSA) is 69.6 Å². The van der Waals surface area contributed by atoms with Gasteiger partial charge in [0, 0.05) is 6.54 Å². The van der Waals surface area contributed by atoms with Crippen molar-refractivity contribution >= 4 is 23.3 Å². The number of carboxylic acid groups (broad SMARTS) is 1. The summed E-state index contributed by atoms with van der Waals surface area (Å²) in [5.74, 6) is -1.10. The zero-order valence-corrected chi connectivity index (χ0v) is 9.85. The molecule has 1 unspecified atom stereocenters. The number of nitrogens with one attached hydrogen (secondary N) is 1. The van der Waals surface area contributed by atoms with Crippen molar-refractivity contribution in [2.45, 2.75) is 25.3 Å². The van der Waals surface area contributed by atoms with Crippen molar-refractivity contribution in [1.29, 1.82) is 0 Å². The second-order valence-corrected chi connectivity index (χ2v) is 4.70. The number of carboxylic acids is 1. The molecule has 3 rings (SSSR count). The number of hydrogen-bond donors (Lipinski definition) is 2. The third-order valence-electron chi connectivity index (χ3n) is 3.64. The minimum Gasteiger partial charge on any atom is -0.478 e. The van der Waals surface area contributed by atoms with E-state index in [2.05, 4.69) is 5.32 Å². The van der Waals surface area contributed by atoms with E-state index in [1.54, 1.807) is 6.07 Å². The van der Waals surface area contributed by atoms with Gasteiger partial charge in [-0.1, -0.05) is 6.07 Å². The van der Waals surface area contributed by atoms with Gasteiger partial charge in [-0.2, -0.15) is 0 Å². The van der Waals surface area contributed by atoms with Crippen LogP contribution in [0, 0.1) is 0 Å². The van der Waals surface area contributed by atoms with Crippen LogP contribution in [0.1, 0.15) is 29.6 Å². The Morgan fingerprint density at radius 3 is 3.00 bits per heavy atom. The number of rotatable bonds is 1. The Labute approximate surface area is 104 Å². The average Bonchev–Trinajstić information content (AvgIpc) is 2.38. The van der Waals surface area contributed by atoms with Gasteiger partial charge in [-0.05, 0) is 31.4 Å². The fraction of sp³-hybridized carbons (Fsp3) is 0.385. The highest BCUT2D eigenvalue weighted by molar-refractivity contribution is 6.09. The number of amides is 1. The molecular formula is C13H14N2O3. The predicted molar refractivity (Wildman–Crippen MR) is 67.0 cm³/mol. The van der Waals surface area contributed by atoms with Gasteiger partial charge in [-0.15, -0.1) is 0 Å². The van der Waals surface area contributed by atoms with Crippen LogP contribution in [0.5, 0.6) is 0 Å². The molecule has 5 heteroatoms. The Hall–Kier alpha value is -2.04. The smallest absolute Gasteiger partial charge is 0.337 e. The summed E-state index contributed by atoms with van der Waals surface area (Å²) in [6.07, 6.45) is 2.92. The lowest BCUT2D eigenvalue weighted by Crippen LogP contribution is -2.50. The normalized spacial score (nSPS) is 21.9. The van der Waals surface area contributed by atoms with Crippen LogP contribution in [-0.2, 0) is 4.79 Å². The van der Waals surface area contributed by atoms with E-state index in [0.29, 0.717) is 5.69 Å². The predicted octanol–water partition coefficient (Wildman–Crippen LogP) is 1.70. The maximum Gasteiger partial charge on any atom is 0.337 e. The molecule has 0 aliphatic carbocycles. The van der Waals surface area contributed by atoms with Crippen LogP contribution in [0.3, 0.4) is 0 Å². The minimum atomic E-state index is -1.01. The number of benzene rings is 1. The van der Waals surface area contributed by atoms with Crippen LogP contribution in [0.2, 0.25) is 0 Å². The molecule has 2 N–H and O–H groups in total. The molecule has 0 aromatic heterocycles. The zero-order valence-electron chi connectivity index (χ0n) is 9.85. The first-order chi connectivity index (χ1) is 8.68. The van der Waals surface area contributed by atoms with Gasteiger partial charge >= 0.3 is 5.97 Å². The Bertz CT molecular complexity index is 527. The summed E-state index contributed by atoms with van der Waals surface area (Å²) in [6, 6.07) is 4.98. The van der Waals surface area contributed by atoms with Gasteiger partial charge in [0.2, 0.25) is 5.91 Å². The zero-order chi connectivity index (χ0) is 12.7. The van der Waals surface area contributed by atoms with Crippen LogP contribution in [0.15, 0.2) is 18.2 Å². The lowest BCUT2D eigenvalue weighted by Gasteiger charge is -2.41. The van der Waals surface area contributed by atoms with E-state index >= 15 is 0 Å². The third kappa shape index (κ3) is 1.54. The Morgan fingerprint density at radius 2 is 2.22 bits per heavy atom. The van der Waals surface area contributed by atoms with Crippen molar-refractivity contribution < 1.29 is 14.7 Å². The second kappa shape index (κ2) is 4.01. The van der Waals surface area contributed by atoms with E-state index in [-0.39, 0.29) is 17.5 Å². The van der Waals surface area contributed by atoms with Crippen LogP contribution in [-0.4, -0.2) is 29.6 Å². The van der Waals surface area contributed by atoms with Crippen molar-refractivity contribution in [3.63, 3.8) is 0 Å². The van der Waals surface area contributed by atoms with Gasteiger partial charge in [0.25, 0.3) is 0 Å². The monoisotopic (exact) mass is 246 g/mol. The number of carbonyl (C=O) groups excluding carboxylic acids is 1. The Balaban J connectivity index is 2.12. The highest BCUT2D eigenvalue weighted by atomic mass is 16.4. The highest BCUT2D eigenvalue weighted by Crippen LogP contribution is 2.37. The van der Waals surface area contributed by atoms with Crippen molar-refractivity contribution in [2.75, 3.05) is 16.8 Å². The van der Waals surface area contributed by atoms with E-state index in [9.17, 15) is 9.59 Å². The Kier molecular flexibility index (Phi) is 2.47. The number of nitrogens with zero attached hydrogens (tertiary/aromatic N) is 1. The number of anilines is 2. The molecule has 1 amide bonds. The minimum absolute atomic E-state index is 0.0871. The molecule has 2 heterocycles. The average molecular weight is 246 g/mol. The molecule has 1 atom stereocenters. The summed E-state index contributed by atoms with van der Waals surface area (Å²) in [7, 11) is 0. The Morgan fingerprint density at radius 1 is 1.39 bits per heavy atom. The van der Waals surface area contributed by atoms with E-state index in [4.69, 9.17) is 5.11 Å². The number of aromatic carboxylic acids is 1. The lowest BCUT2D eigenvalue weighted by molar-refractivity contribution is -0.118. The van der Waals surface area contributed by atoms with Gasteiger partial charge in [-0.3, -0.25) is 4.79 Å². The first kappa shape index (κ1) is 11.1. The maximum atomic E-state index is 12.0. The molecule has 0 bridgehead atoms. The number of piperidine rings is 1. The van der Waals surface area contributed by atoms with Crippen molar-refractivity contribution in [2.24, 2.45) is 0 Å². The molecule has 94 valence electrons. The molecule has 1 aromatic rings. The van der Waals surface area contributed by atoms with Gasteiger partial charge in [0.15, 0.2) is 0 Å². The fourth-order valence-electron chi connectivity index (χ4n) is 2.79. The van der Waals surface area contributed by atoms with Gasteiger partial charge in [-0.25, -0.2) is 4.79 Å². The molecule has 2 aliphatic rings. The summed E-state index contributed by atoms with van der Waals surface area (Å²) in [4.78, 5) is 25.2. The first-order valence-electron chi connectivity index (χ1n) is 6.12. The fourth-order valence-corrected chi connectivity index (χ4v) is 2.79. The molecule has 0 saturated carbocycles. The van der Waals surface area contributed by atoms with Crippen LogP contribution in [0.4, 0.5) is 11.4 Å². The summed E-state index contributed by atoms with van der Waals surface area (Å²) < 4.78 is 0. The summed E-state index contributed by atoms with van der Waals surface area (Å²) in [6.45, 7) is 0.814. The number of para-hydroxylation sites is 1. The van der Waals surface area contributed by atoms with Gasteiger partial charge < -0.3 is 15.3 Å². The van der Waals surface area contributed by atoms with Crippen molar-refractivity contribution in [1.82, 2.24) is 0 Å². The number of hydrogen-bond acceptors (Lipinski definition) is 3. The molecular weight excluding hydrogens is 232 g/mol. The summed E-state index contributed by atoms with van der Waals surface area (Å²) in [5.41, 5.74) is 1.43. The molecule has 0 radical (unpaired) electrons. The molecule has 18 heavy (non-hydrogen) atoms. The van der Waals surface area contributed by atoms with E-state index < -0.39 is 5.97 Å². The standard InChI is InChI=1S/C13H14N2O3/c16-12-10-5-1-2-7-15(10)9-6-3-4-8(13(17)18)11(9)14-12/h3-4,6,10H,1-2,5,7H2,(H,14,16)(H,17,18). The number of fused-ring (bicyclic) bond motifs is 3. The van der Waals surface area contributed by atoms with Gasteiger partial charge in [0.05, 0.1) is 16.9 Å². The van der Waals surface area contributed by atoms with Gasteiger partial charge in [0.1, 0.15) is 6.04 Å². The molecule has 2 aliphatic heterocycles. The molecule has 1 fully saturated rings. The summed E-state index contributed by atoms with van der Waals surface area (Å²) in [5, 5.41) is 11.9. The first-order valence-corrected chi connectivity index (χ1v) is 6.12. The SMILES string of the molecule is O=C(O)c1cccc2c1NC(=O)C1CCCCN21. The van der Waals surface area contributed by atoms with Crippen LogP contribution in [0.25, 0.3) is 0 Å². The van der Waals surface area contributed by atoms with E-state index in [1.807, 2.05) is 11.0 Å². The van der Waals surface area contributed by atoms with E-state index in [0.717, 1.165) is 31.5 Å². The van der Waals surface area contributed by atoms with Crippen LogP contribution < -0.4 is 10.2 Å². The van der Waals surface area contributed by atoms with E-state index in [1.165, 1.54) is 6.07 Å². The molecule has 5 nitrogen and oxygen atoms in total.